The van der Waals surface area contributed by atoms with Crippen molar-refractivity contribution in [3.8, 4) is 0 Å². The zero-order chi connectivity index (χ0) is 17.2. The lowest BCUT2D eigenvalue weighted by molar-refractivity contribution is -0.136. The van der Waals surface area contributed by atoms with Crippen molar-refractivity contribution in [2.75, 3.05) is 19.6 Å². The number of unbranched alkanes of at least 4 members (excludes halogenated alkanes) is 9. The molecule has 0 saturated heterocycles. The second kappa shape index (κ2) is 17.3. The van der Waals surface area contributed by atoms with Gasteiger partial charge in [0.25, 0.3) is 0 Å². The Kier molecular flexibility index (Phi) is 16.4. The molecule has 0 fully saturated rings. The van der Waals surface area contributed by atoms with Gasteiger partial charge >= 0.3 is 5.97 Å². The second-order valence-electron chi connectivity index (χ2n) is 6.21. The Morgan fingerprint density at radius 2 is 1.30 bits per heavy atom. The van der Waals surface area contributed by atoms with Crippen LogP contribution in [0, 0.1) is 0 Å². The minimum absolute atomic E-state index is 0.0697. The lowest BCUT2D eigenvalue weighted by atomic mass is 10.1. The molecule has 0 rings (SSSR count). The van der Waals surface area contributed by atoms with E-state index in [-0.39, 0.29) is 12.5 Å². The van der Waals surface area contributed by atoms with E-state index < -0.39 is 5.97 Å². The van der Waals surface area contributed by atoms with E-state index in [1.807, 2.05) is 0 Å². The maximum atomic E-state index is 11.4. The van der Waals surface area contributed by atoms with Gasteiger partial charge in [0.15, 0.2) is 0 Å². The smallest absolute Gasteiger partial charge is 0.317 e. The molecule has 0 aliphatic heterocycles. The molecule has 0 atom stereocenters. The number of aliphatic carboxylic acids is 1. The van der Waals surface area contributed by atoms with Crippen molar-refractivity contribution in [3.63, 3.8) is 0 Å². The Morgan fingerprint density at radius 1 is 0.783 bits per heavy atom. The molecule has 5 heteroatoms. The number of nitrogens with one attached hydrogen (secondary N) is 2. The summed E-state index contributed by atoms with van der Waals surface area (Å²) in [6.45, 7) is 3.74. The van der Waals surface area contributed by atoms with Crippen LogP contribution < -0.4 is 10.6 Å². The molecule has 136 valence electrons. The normalized spacial score (nSPS) is 10.7. The molecule has 0 saturated carbocycles. The van der Waals surface area contributed by atoms with E-state index in [2.05, 4.69) is 17.6 Å². The van der Waals surface area contributed by atoms with E-state index in [0.29, 0.717) is 6.42 Å². The van der Waals surface area contributed by atoms with Crippen LogP contribution >= 0.6 is 0 Å². The third-order valence-corrected chi connectivity index (χ3v) is 3.86. The van der Waals surface area contributed by atoms with E-state index in [0.717, 1.165) is 38.8 Å². The molecule has 0 aromatic heterocycles. The molecule has 23 heavy (non-hydrogen) atoms. The second-order valence-corrected chi connectivity index (χ2v) is 6.21. The zero-order valence-electron chi connectivity index (χ0n) is 14.9. The molecule has 0 bridgehead atoms. The van der Waals surface area contributed by atoms with Crippen molar-refractivity contribution in [2.24, 2.45) is 0 Å². The highest BCUT2D eigenvalue weighted by molar-refractivity contribution is 5.75. The summed E-state index contributed by atoms with van der Waals surface area (Å²) in [5.41, 5.74) is 0. The number of carbonyl (C=O) groups is 2. The Balaban J connectivity index is 3.08. The van der Waals surface area contributed by atoms with E-state index in [1.54, 1.807) is 0 Å². The topological polar surface area (TPSA) is 78.4 Å². The molecule has 5 nitrogen and oxygen atoms in total. The third-order valence-electron chi connectivity index (χ3n) is 3.86. The largest absolute Gasteiger partial charge is 0.480 e. The van der Waals surface area contributed by atoms with Gasteiger partial charge in [-0.2, -0.15) is 0 Å². The first kappa shape index (κ1) is 21.9. The molecule has 1 amide bonds. The van der Waals surface area contributed by atoms with Crippen LogP contribution in [0.2, 0.25) is 0 Å². The van der Waals surface area contributed by atoms with Crippen LogP contribution in [-0.2, 0) is 9.59 Å². The van der Waals surface area contributed by atoms with Gasteiger partial charge in [-0.1, -0.05) is 58.3 Å². The fraction of sp³-hybridized carbons (Fsp3) is 0.889. The summed E-state index contributed by atoms with van der Waals surface area (Å²) >= 11 is 0. The van der Waals surface area contributed by atoms with Gasteiger partial charge in [-0.05, 0) is 25.8 Å². The molecule has 0 aromatic rings. The van der Waals surface area contributed by atoms with Crippen molar-refractivity contribution in [1.82, 2.24) is 10.6 Å². The summed E-state index contributed by atoms with van der Waals surface area (Å²) in [5.74, 6) is -0.587. The van der Waals surface area contributed by atoms with Gasteiger partial charge in [-0.25, -0.2) is 0 Å². The maximum absolute atomic E-state index is 11.4. The van der Waals surface area contributed by atoms with Gasteiger partial charge in [-0.15, -0.1) is 0 Å². The molecule has 0 aliphatic rings. The SMILES string of the molecule is CCCNC(=O)CCCCCCCCCCCCNCC(=O)O. The Bertz CT molecular complexity index is 296. The summed E-state index contributed by atoms with van der Waals surface area (Å²) in [6, 6.07) is 0. The molecular weight excluding hydrogens is 292 g/mol. The molecule has 0 radical (unpaired) electrons. The first-order valence-corrected chi connectivity index (χ1v) is 9.36. The Labute approximate surface area is 141 Å². The zero-order valence-corrected chi connectivity index (χ0v) is 14.9. The van der Waals surface area contributed by atoms with Gasteiger partial charge in [-0.3, -0.25) is 9.59 Å². The number of amides is 1. The van der Waals surface area contributed by atoms with Crippen LogP contribution in [0.15, 0.2) is 0 Å². The van der Waals surface area contributed by atoms with Gasteiger partial charge in [0.1, 0.15) is 0 Å². The first-order valence-electron chi connectivity index (χ1n) is 9.36. The monoisotopic (exact) mass is 328 g/mol. The predicted octanol–water partition coefficient (Wildman–Crippen LogP) is 3.48. The van der Waals surface area contributed by atoms with Crippen LogP contribution in [0.1, 0.15) is 84.0 Å². The van der Waals surface area contributed by atoms with E-state index in [1.165, 1.54) is 44.9 Å². The molecule has 0 spiro atoms. The lowest BCUT2D eigenvalue weighted by Crippen LogP contribution is -2.23. The summed E-state index contributed by atoms with van der Waals surface area (Å²) in [4.78, 5) is 21.7. The Hall–Kier alpha value is -1.10. The van der Waals surface area contributed by atoms with Crippen molar-refractivity contribution in [1.29, 1.82) is 0 Å². The van der Waals surface area contributed by atoms with Crippen LogP contribution in [0.3, 0.4) is 0 Å². The number of rotatable bonds is 17. The fourth-order valence-electron chi connectivity index (χ4n) is 2.50. The van der Waals surface area contributed by atoms with E-state index >= 15 is 0 Å². The van der Waals surface area contributed by atoms with Gasteiger partial charge in [0.05, 0.1) is 6.54 Å². The number of carbonyl (C=O) groups excluding carboxylic acids is 1. The number of hydrogen-bond donors (Lipinski definition) is 3. The molecule has 0 aromatic carbocycles. The third kappa shape index (κ3) is 18.9. The standard InChI is InChI=1S/C18H36N2O3/c1-2-14-20-17(21)13-11-9-7-5-3-4-6-8-10-12-15-19-16-18(22)23/h19H,2-16H2,1H3,(H,20,21)(H,22,23). The van der Waals surface area contributed by atoms with Crippen LogP contribution in [0.25, 0.3) is 0 Å². The lowest BCUT2D eigenvalue weighted by Gasteiger charge is -2.04. The van der Waals surface area contributed by atoms with Crippen molar-refractivity contribution >= 4 is 11.9 Å². The quantitative estimate of drug-likeness (QED) is 0.357. The molecular formula is C18H36N2O3. The number of hydrogen-bond acceptors (Lipinski definition) is 3. The minimum atomic E-state index is -0.786. The fourth-order valence-corrected chi connectivity index (χ4v) is 2.50. The summed E-state index contributed by atoms with van der Waals surface area (Å²) in [7, 11) is 0. The highest BCUT2D eigenvalue weighted by atomic mass is 16.4. The van der Waals surface area contributed by atoms with Crippen molar-refractivity contribution < 1.29 is 14.7 Å². The average molecular weight is 328 g/mol. The van der Waals surface area contributed by atoms with E-state index in [4.69, 9.17) is 5.11 Å². The highest BCUT2D eigenvalue weighted by Crippen LogP contribution is 2.11. The van der Waals surface area contributed by atoms with Crippen molar-refractivity contribution in [3.05, 3.63) is 0 Å². The molecule has 3 N–H and O–H groups in total. The number of carboxylic acids is 1. The van der Waals surface area contributed by atoms with Gasteiger partial charge < -0.3 is 15.7 Å². The minimum Gasteiger partial charge on any atom is -0.480 e. The number of carboxylic acid groups (broad SMARTS) is 1. The summed E-state index contributed by atoms with van der Waals surface area (Å²) in [5, 5.41) is 14.3. The van der Waals surface area contributed by atoms with Gasteiger partial charge in [0, 0.05) is 13.0 Å². The first-order chi connectivity index (χ1) is 11.2. The Morgan fingerprint density at radius 3 is 1.83 bits per heavy atom. The van der Waals surface area contributed by atoms with Crippen molar-refractivity contribution in [2.45, 2.75) is 84.0 Å². The van der Waals surface area contributed by atoms with Crippen LogP contribution in [0.4, 0.5) is 0 Å². The summed E-state index contributed by atoms with van der Waals surface area (Å²) < 4.78 is 0. The molecule has 0 aliphatic carbocycles. The average Bonchev–Trinajstić information content (AvgIpc) is 2.52. The van der Waals surface area contributed by atoms with Crippen LogP contribution in [0.5, 0.6) is 0 Å². The van der Waals surface area contributed by atoms with Gasteiger partial charge in [0.2, 0.25) is 5.91 Å². The predicted molar refractivity (Wildman–Crippen MR) is 94.6 cm³/mol. The highest BCUT2D eigenvalue weighted by Gasteiger charge is 1.99. The maximum Gasteiger partial charge on any atom is 0.317 e. The van der Waals surface area contributed by atoms with Crippen LogP contribution in [-0.4, -0.2) is 36.6 Å². The molecule has 0 heterocycles. The molecule has 0 unspecified atom stereocenters. The summed E-state index contributed by atoms with van der Waals surface area (Å²) in [6.07, 6.45) is 13.7. The van der Waals surface area contributed by atoms with E-state index in [9.17, 15) is 9.59 Å².